The van der Waals surface area contributed by atoms with E-state index in [4.69, 9.17) is 5.11 Å². The van der Waals surface area contributed by atoms with Gasteiger partial charge in [0, 0.05) is 7.05 Å². The van der Waals surface area contributed by atoms with E-state index in [9.17, 15) is 14.7 Å². The fourth-order valence-corrected chi connectivity index (χ4v) is 2.17. The number of carboxylic acids is 1. The topological polar surface area (TPSA) is 77.8 Å². The lowest BCUT2D eigenvalue weighted by molar-refractivity contribution is -0.145. The molecule has 90 valence electrons. The minimum atomic E-state index is -0.997. The molecule has 0 bridgehead atoms. The van der Waals surface area contributed by atoms with Gasteiger partial charge in [0.2, 0.25) is 5.91 Å². The van der Waals surface area contributed by atoms with Gasteiger partial charge in [0.15, 0.2) is 0 Å². The first-order valence-electron chi connectivity index (χ1n) is 5.29. The fraction of sp³-hybridized carbons (Fsp3) is 0.333. The molecule has 1 aliphatic rings. The van der Waals surface area contributed by atoms with Gasteiger partial charge in [-0.25, -0.2) is 4.79 Å². The molecule has 1 aliphatic heterocycles. The Kier molecular flexibility index (Phi) is 2.75. The summed E-state index contributed by atoms with van der Waals surface area (Å²) < 4.78 is 0. The number of aromatic hydroxyl groups is 1. The molecular weight excluding hydrogens is 222 g/mol. The number of carbonyl (C=O) groups excluding carboxylic acids is 1. The second-order valence-corrected chi connectivity index (χ2v) is 4.19. The zero-order valence-electron chi connectivity index (χ0n) is 9.33. The summed E-state index contributed by atoms with van der Waals surface area (Å²) in [5, 5.41) is 18.3. The third-order valence-corrected chi connectivity index (χ3v) is 3.13. The van der Waals surface area contributed by atoms with Gasteiger partial charge in [0.25, 0.3) is 0 Å². The van der Waals surface area contributed by atoms with Gasteiger partial charge in [0.1, 0.15) is 11.8 Å². The number of benzene rings is 1. The van der Waals surface area contributed by atoms with Crippen molar-refractivity contribution in [3.05, 3.63) is 29.8 Å². The molecule has 5 heteroatoms. The van der Waals surface area contributed by atoms with Gasteiger partial charge in [-0.3, -0.25) is 4.79 Å². The molecule has 1 heterocycles. The Bertz CT molecular complexity index is 471. The number of carboxylic acid groups (broad SMARTS) is 1. The number of phenols is 1. The number of amides is 1. The summed E-state index contributed by atoms with van der Waals surface area (Å²) in [7, 11) is 1.49. The molecule has 2 rings (SSSR count). The van der Waals surface area contributed by atoms with Crippen LogP contribution in [0, 0.1) is 0 Å². The van der Waals surface area contributed by atoms with Crippen LogP contribution < -0.4 is 0 Å². The molecule has 0 spiro atoms. The number of aliphatic carboxylic acids is 1. The number of hydrogen-bond donors (Lipinski definition) is 2. The standard InChI is InChI=1S/C12H13NO4/c1-13-10(12(16)17)6-9(11(13)15)7-3-2-4-8(14)5-7/h2-5,9-10,14H,6H2,1H3,(H,16,17). The largest absolute Gasteiger partial charge is 0.508 e. The van der Waals surface area contributed by atoms with E-state index in [2.05, 4.69) is 0 Å². The van der Waals surface area contributed by atoms with Crippen molar-refractivity contribution < 1.29 is 19.8 Å². The highest BCUT2D eigenvalue weighted by Crippen LogP contribution is 2.33. The Morgan fingerprint density at radius 1 is 1.47 bits per heavy atom. The summed E-state index contributed by atoms with van der Waals surface area (Å²) in [6.45, 7) is 0. The highest BCUT2D eigenvalue weighted by atomic mass is 16.4. The van der Waals surface area contributed by atoms with Crippen molar-refractivity contribution in [1.82, 2.24) is 4.90 Å². The summed E-state index contributed by atoms with van der Waals surface area (Å²) in [4.78, 5) is 24.1. The quantitative estimate of drug-likeness (QED) is 0.794. The second-order valence-electron chi connectivity index (χ2n) is 4.19. The Morgan fingerprint density at radius 2 is 2.18 bits per heavy atom. The van der Waals surface area contributed by atoms with Gasteiger partial charge < -0.3 is 15.1 Å². The van der Waals surface area contributed by atoms with Crippen molar-refractivity contribution in [2.24, 2.45) is 0 Å². The number of hydrogen-bond acceptors (Lipinski definition) is 3. The summed E-state index contributed by atoms with van der Waals surface area (Å²) >= 11 is 0. The van der Waals surface area contributed by atoms with Crippen LogP contribution in [-0.4, -0.2) is 40.1 Å². The molecule has 1 fully saturated rings. The lowest BCUT2D eigenvalue weighted by Gasteiger charge is -2.14. The Morgan fingerprint density at radius 3 is 2.71 bits per heavy atom. The van der Waals surface area contributed by atoms with Crippen LogP contribution in [0.25, 0.3) is 0 Å². The number of rotatable bonds is 2. The van der Waals surface area contributed by atoms with Gasteiger partial charge in [-0.05, 0) is 24.1 Å². The van der Waals surface area contributed by atoms with Gasteiger partial charge >= 0.3 is 5.97 Å². The van der Waals surface area contributed by atoms with E-state index in [0.717, 1.165) is 0 Å². The van der Waals surface area contributed by atoms with Crippen LogP contribution >= 0.6 is 0 Å². The summed E-state index contributed by atoms with van der Waals surface area (Å²) in [6, 6.07) is 5.60. The van der Waals surface area contributed by atoms with Crippen molar-refractivity contribution in [1.29, 1.82) is 0 Å². The van der Waals surface area contributed by atoms with Crippen molar-refractivity contribution in [2.75, 3.05) is 7.05 Å². The van der Waals surface area contributed by atoms with Crippen LogP contribution in [0.1, 0.15) is 17.9 Å². The fourth-order valence-electron chi connectivity index (χ4n) is 2.17. The van der Waals surface area contributed by atoms with Crippen molar-refractivity contribution in [2.45, 2.75) is 18.4 Å². The Hall–Kier alpha value is -2.04. The van der Waals surface area contributed by atoms with E-state index < -0.39 is 17.9 Å². The van der Waals surface area contributed by atoms with E-state index >= 15 is 0 Å². The molecule has 17 heavy (non-hydrogen) atoms. The number of phenolic OH excluding ortho intramolecular Hbond substituents is 1. The number of likely N-dealkylation sites (tertiary alicyclic amines) is 1. The normalized spacial score (nSPS) is 24.1. The molecule has 0 radical (unpaired) electrons. The third kappa shape index (κ3) is 1.95. The predicted octanol–water partition coefficient (Wildman–Crippen LogP) is 0.791. The average Bonchev–Trinajstić information content (AvgIpc) is 2.56. The zero-order chi connectivity index (χ0) is 12.6. The van der Waals surface area contributed by atoms with E-state index in [1.165, 1.54) is 24.1 Å². The van der Waals surface area contributed by atoms with Crippen LogP contribution in [0.2, 0.25) is 0 Å². The Labute approximate surface area is 98.3 Å². The molecule has 2 unspecified atom stereocenters. The van der Waals surface area contributed by atoms with Crippen molar-refractivity contribution in [3.63, 3.8) is 0 Å². The maximum absolute atomic E-state index is 11.9. The molecule has 0 aromatic heterocycles. The first kappa shape index (κ1) is 11.4. The Balaban J connectivity index is 2.30. The van der Waals surface area contributed by atoms with E-state index in [1.807, 2.05) is 0 Å². The molecule has 0 aliphatic carbocycles. The van der Waals surface area contributed by atoms with Crippen LogP contribution in [0.3, 0.4) is 0 Å². The molecule has 2 N–H and O–H groups in total. The molecule has 1 aromatic rings. The van der Waals surface area contributed by atoms with Crippen LogP contribution in [0.5, 0.6) is 5.75 Å². The number of nitrogens with zero attached hydrogens (tertiary/aromatic N) is 1. The number of carbonyl (C=O) groups is 2. The monoisotopic (exact) mass is 235 g/mol. The minimum Gasteiger partial charge on any atom is -0.508 e. The van der Waals surface area contributed by atoms with Crippen LogP contribution in [0.15, 0.2) is 24.3 Å². The lowest BCUT2D eigenvalue weighted by Crippen LogP contribution is -2.35. The second kappa shape index (κ2) is 4.08. The molecular formula is C12H13NO4. The van der Waals surface area contributed by atoms with Crippen LogP contribution in [-0.2, 0) is 9.59 Å². The van der Waals surface area contributed by atoms with E-state index in [-0.39, 0.29) is 18.1 Å². The summed E-state index contributed by atoms with van der Waals surface area (Å²) in [5.41, 5.74) is 0.658. The summed E-state index contributed by atoms with van der Waals surface area (Å²) in [5.74, 6) is -1.61. The smallest absolute Gasteiger partial charge is 0.326 e. The average molecular weight is 235 g/mol. The molecule has 1 aromatic carbocycles. The third-order valence-electron chi connectivity index (χ3n) is 3.13. The van der Waals surface area contributed by atoms with E-state index in [0.29, 0.717) is 5.56 Å². The molecule has 1 saturated heterocycles. The minimum absolute atomic E-state index is 0.0803. The molecule has 0 saturated carbocycles. The molecule has 5 nitrogen and oxygen atoms in total. The zero-order valence-corrected chi connectivity index (χ0v) is 9.33. The molecule has 2 atom stereocenters. The first-order valence-corrected chi connectivity index (χ1v) is 5.29. The predicted molar refractivity (Wildman–Crippen MR) is 59.7 cm³/mol. The highest BCUT2D eigenvalue weighted by molar-refractivity contribution is 5.92. The lowest BCUT2D eigenvalue weighted by atomic mass is 9.95. The summed E-state index contributed by atoms with van der Waals surface area (Å²) in [6.07, 6.45) is 0.244. The van der Waals surface area contributed by atoms with Crippen LogP contribution in [0.4, 0.5) is 0 Å². The van der Waals surface area contributed by atoms with Gasteiger partial charge in [0.05, 0.1) is 5.92 Å². The van der Waals surface area contributed by atoms with Gasteiger partial charge in [-0.2, -0.15) is 0 Å². The van der Waals surface area contributed by atoms with Gasteiger partial charge in [-0.15, -0.1) is 0 Å². The highest BCUT2D eigenvalue weighted by Gasteiger charge is 2.41. The number of likely N-dealkylation sites (N-methyl/N-ethyl adjacent to an activating group) is 1. The van der Waals surface area contributed by atoms with E-state index in [1.54, 1.807) is 12.1 Å². The molecule has 1 amide bonds. The van der Waals surface area contributed by atoms with Crippen molar-refractivity contribution >= 4 is 11.9 Å². The maximum atomic E-state index is 11.9. The van der Waals surface area contributed by atoms with Gasteiger partial charge in [-0.1, -0.05) is 12.1 Å². The maximum Gasteiger partial charge on any atom is 0.326 e. The van der Waals surface area contributed by atoms with Crippen molar-refractivity contribution in [3.8, 4) is 5.75 Å². The first-order chi connectivity index (χ1) is 8.00. The SMILES string of the molecule is CN1C(=O)C(c2cccc(O)c2)CC1C(=O)O.